The Balaban J connectivity index is -0.00000180. The summed E-state index contributed by atoms with van der Waals surface area (Å²) in [6.45, 7) is 2.27. The minimum atomic E-state index is -0.653. The maximum absolute atomic E-state index is 10.3. The van der Waals surface area contributed by atoms with Gasteiger partial charge in [0.15, 0.2) is 0 Å². The van der Waals surface area contributed by atoms with Crippen LogP contribution in [-0.2, 0) is 21.9 Å². The molecule has 0 aromatic carbocycles. The second-order valence-electron chi connectivity index (χ2n) is 6.09. The minimum Gasteiger partial charge on any atom is -0.481 e. The Hall–Kier alpha value is -0.0505. The number of carboxylic acid groups (broad SMARTS) is 1. The van der Waals surface area contributed by atoms with Crippen molar-refractivity contribution in [2.45, 2.75) is 110 Å². The zero-order valence-corrected chi connectivity index (χ0v) is 15.6. The van der Waals surface area contributed by atoms with Gasteiger partial charge in [0, 0.05) is 23.5 Å². The average molecular weight is 358 g/mol. The number of hydrogen-bond acceptors (Lipinski definition) is 1. The molecule has 0 aliphatic rings. The van der Waals surface area contributed by atoms with Gasteiger partial charge in [-0.25, -0.2) is 0 Å². The predicted octanol–water partition coefficient (Wildman–Crippen LogP) is 5.51. The molecule has 3 N–H and O–H groups in total. The van der Waals surface area contributed by atoms with Gasteiger partial charge >= 0.3 is 5.97 Å². The Labute approximate surface area is 148 Å². The van der Waals surface area contributed by atoms with Gasteiger partial charge in [0.2, 0.25) is 0 Å². The van der Waals surface area contributed by atoms with Crippen LogP contribution < -0.4 is 0 Å². The fourth-order valence-electron chi connectivity index (χ4n) is 2.65. The summed E-state index contributed by atoms with van der Waals surface area (Å²) >= 11 is 0. The van der Waals surface area contributed by atoms with E-state index in [-0.39, 0.29) is 22.5 Å². The van der Waals surface area contributed by atoms with Crippen LogP contribution in [0.25, 0.3) is 0 Å². The largest absolute Gasteiger partial charge is 0.481 e. The molecule has 0 fully saturated rings. The monoisotopic (exact) mass is 358 g/mol. The number of carboxylic acids is 1. The Morgan fingerprint density at radius 3 is 1.18 bits per heavy atom. The number of unbranched alkanes of at least 4 members (excludes halogenated alkanes) is 14. The zero-order chi connectivity index (χ0) is 14.9. The zero-order valence-electron chi connectivity index (χ0n) is 14.5. The second-order valence-corrected chi connectivity index (χ2v) is 6.09. The third-order valence-corrected chi connectivity index (χ3v) is 3.99. The summed E-state index contributed by atoms with van der Waals surface area (Å²) in [5.41, 5.74) is 0. The molecule has 0 unspecified atom stereocenters. The van der Waals surface area contributed by atoms with Gasteiger partial charge in [0.1, 0.15) is 0 Å². The molecule has 0 heterocycles. The van der Waals surface area contributed by atoms with Crippen LogP contribution in [0.2, 0.25) is 0 Å². The molecule has 0 rings (SSSR count). The van der Waals surface area contributed by atoms with Crippen molar-refractivity contribution >= 4 is 5.97 Å². The smallest absolute Gasteiger partial charge is 0.303 e. The van der Waals surface area contributed by atoms with E-state index in [9.17, 15) is 4.79 Å². The second kappa shape index (κ2) is 23.2. The van der Waals surface area contributed by atoms with Crippen molar-refractivity contribution in [3.63, 3.8) is 0 Å². The van der Waals surface area contributed by atoms with Crippen LogP contribution in [0.5, 0.6) is 0 Å². The van der Waals surface area contributed by atoms with E-state index in [1.165, 1.54) is 83.5 Å². The molecule has 0 aromatic rings. The third kappa shape index (κ3) is 24.9. The number of hydrogen-bond donors (Lipinski definition) is 1. The van der Waals surface area contributed by atoms with Crippen LogP contribution in [0.1, 0.15) is 110 Å². The van der Waals surface area contributed by atoms with Crippen LogP contribution in [0.15, 0.2) is 0 Å². The van der Waals surface area contributed by atoms with E-state index in [1.807, 2.05) is 0 Å². The Morgan fingerprint density at radius 1 is 0.636 bits per heavy atom. The van der Waals surface area contributed by atoms with E-state index >= 15 is 0 Å². The van der Waals surface area contributed by atoms with Crippen molar-refractivity contribution in [3.05, 3.63) is 0 Å². The fraction of sp³-hybridized carbons (Fsp3) is 0.944. The van der Waals surface area contributed by atoms with Crippen LogP contribution in [0.3, 0.4) is 0 Å². The molecular formula is C18H38FeO3. The summed E-state index contributed by atoms with van der Waals surface area (Å²) in [5.74, 6) is -0.653. The maximum Gasteiger partial charge on any atom is 0.303 e. The standard InChI is InChI=1S/C18H36O2.Fe.H2O/c1-2-3-4-5-6-7-8-9-10-11-12-13-14-15-16-17-18(19)20;;/h2-17H2,1H3,(H,19,20);;1H2. The number of aliphatic carboxylic acids is 1. The van der Waals surface area contributed by atoms with Crippen LogP contribution in [0.4, 0.5) is 0 Å². The van der Waals surface area contributed by atoms with E-state index in [4.69, 9.17) is 5.11 Å². The normalized spacial score (nSPS) is 9.86. The summed E-state index contributed by atoms with van der Waals surface area (Å²) in [7, 11) is 0. The molecule has 22 heavy (non-hydrogen) atoms. The Kier molecular flexibility index (Phi) is 28.3. The molecule has 0 aliphatic carbocycles. The van der Waals surface area contributed by atoms with Crippen molar-refractivity contribution in [1.29, 1.82) is 0 Å². The molecule has 0 radical (unpaired) electrons. The molecule has 0 saturated heterocycles. The molecule has 0 spiro atoms. The first kappa shape index (κ1) is 26.8. The van der Waals surface area contributed by atoms with Gasteiger partial charge in [-0.15, -0.1) is 0 Å². The van der Waals surface area contributed by atoms with Gasteiger partial charge in [0.05, 0.1) is 0 Å². The quantitative estimate of drug-likeness (QED) is 0.292. The van der Waals surface area contributed by atoms with E-state index in [0.29, 0.717) is 6.42 Å². The molecule has 3 nitrogen and oxygen atoms in total. The van der Waals surface area contributed by atoms with Crippen molar-refractivity contribution < 1.29 is 32.4 Å². The van der Waals surface area contributed by atoms with Crippen molar-refractivity contribution in [1.82, 2.24) is 0 Å². The first-order chi connectivity index (χ1) is 9.77. The van der Waals surface area contributed by atoms with Gasteiger partial charge in [-0.2, -0.15) is 0 Å². The summed E-state index contributed by atoms with van der Waals surface area (Å²) in [6.07, 6.45) is 20.2. The minimum absolute atomic E-state index is 0. The molecule has 0 amide bonds. The predicted molar refractivity (Wildman–Crippen MR) is 90.8 cm³/mol. The van der Waals surface area contributed by atoms with Gasteiger partial charge in [0.25, 0.3) is 0 Å². The summed E-state index contributed by atoms with van der Waals surface area (Å²) in [4.78, 5) is 10.3. The first-order valence-corrected chi connectivity index (χ1v) is 8.99. The van der Waals surface area contributed by atoms with E-state index < -0.39 is 5.97 Å². The van der Waals surface area contributed by atoms with Crippen LogP contribution in [0, 0.1) is 0 Å². The molecule has 0 aliphatic heterocycles. The topological polar surface area (TPSA) is 68.8 Å². The Morgan fingerprint density at radius 2 is 0.909 bits per heavy atom. The Bertz CT molecular complexity index is 211. The van der Waals surface area contributed by atoms with Crippen molar-refractivity contribution in [2.75, 3.05) is 0 Å². The fourth-order valence-corrected chi connectivity index (χ4v) is 2.65. The van der Waals surface area contributed by atoms with Gasteiger partial charge in [-0.1, -0.05) is 96.8 Å². The van der Waals surface area contributed by atoms with Crippen molar-refractivity contribution in [3.8, 4) is 0 Å². The van der Waals surface area contributed by atoms with E-state index in [0.717, 1.165) is 12.8 Å². The summed E-state index contributed by atoms with van der Waals surface area (Å²) in [6, 6.07) is 0. The number of rotatable bonds is 16. The average Bonchev–Trinajstić information content (AvgIpc) is 2.43. The van der Waals surface area contributed by atoms with Crippen LogP contribution in [-0.4, -0.2) is 16.6 Å². The van der Waals surface area contributed by atoms with Gasteiger partial charge in [-0.3, -0.25) is 4.79 Å². The third-order valence-electron chi connectivity index (χ3n) is 3.99. The SMILES string of the molecule is CCCCCCCCCCCCCCCCCC(=O)O.O.[Fe]. The summed E-state index contributed by atoms with van der Waals surface area (Å²) < 4.78 is 0. The maximum atomic E-state index is 10.3. The molecule has 0 bridgehead atoms. The number of carbonyl (C=O) groups is 1. The molecule has 0 aromatic heterocycles. The van der Waals surface area contributed by atoms with E-state index in [1.54, 1.807) is 0 Å². The molecule has 0 atom stereocenters. The van der Waals surface area contributed by atoms with Crippen LogP contribution >= 0.6 is 0 Å². The summed E-state index contributed by atoms with van der Waals surface area (Å²) in [5, 5.41) is 8.52. The van der Waals surface area contributed by atoms with Crippen molar-refractivity contribution in [2.24, 2.45) is 0 Å². The van der Waals surface area contributed by atoms with E-state index in [2.05, 4.69) is 6.92 Å². The van der Waals surface area contributed by atoms with Gasteiger partial charge < -0.3 is 10.6 Å². The molecule has 0 saturated carbocycles. The molecular weight excluding hydrogens is 320 g/mol. The molecule has 4 heteroatoms. The molecule has 136 valence electrons. The first-order valence-electron chi connectivity index (χ1n) is 8.99. The van der Waals surface area contributed by atoms with Gasteiger partial charge in [-0.05, 0) is 6.42 Å².